The molecule has 0 spiro atoms. The molecule has 5 heteroatoms. The van der Waals surface area contributed by atoms with E-state index < -0.39 is 11.2 Å². The van der Waals surface area contributed by atoms with Gasteiger partial charge in [0.05, 0.1) is 11.2 Å². The lowest BCUT2D eigenvalue weighted by atomic mass is 9.82. The van der Waals surface area contributed by atoms with Crippen molar-refractivity contribution in [1.82, 2.24) is 0 Å². The molecule has 0 saturated heterocycles. The second kappa shape index (κ2) is 5.78. The van der Waals surface area contributed by atoms with E-state index in [4.69, 9.17) is 16.3 Å². The summed E-state index contributed by atoms with van der Waals surface area (Å²) in [6, 6.07) is 12.3. The summed E-state index contributed by atoms with van der Waals surface area (Å²) in [6.45, 7) is 7.18. The molecule has 2 nitrogen and oxygen atoms in total. The van der Waals surface area contributed by atoms with Gasteiger partial charge in [-0.3, -0.25) is 0 Å². The highest BCUT2D eigenvalue weighted by molar-refractivity contribution is 7.25. The number of hydrogen-bond acceptors (Lipinski definition) is 3. The predicted octanol–water partition coefficient (Wildman–Crippen LogP) is 4.52. The highest BCUT2D eigenvalue weighted by atomic mass is 35.5. The van der Waals surface area contributed by atoms with Crippen molar-refractivity contribution in [2.75, 3.05) is 0 Å². The van der Waals surface area contributed by atoms with Crippen LogP contribution in [0.2, 0.25) is 5.02 Å². The Morgan fingerprint density at radius 2 is 1.74 bits per heavy atom. The molecule has 0 unspecified atom stereocenters. The van der Waals surface area contributed by atoms with Crippen molar-refractivity contribution >= 4 is 56.1 Å². The Kier molecular flexibility index (Phi) is 4.22. The lowest BCUT2D eigenvalue weighted by Crippen LogP contribution is -2.49. The molecule has 3 aromatic rings. The predicted molar refractivity (Wildman–Crippen MR) is 101 cm³/mol. The van der Waals surface area contributed by atoms with Gasteiger partial charge in [0.2, 0.25) is 0 Å². The highest BCUT2D eigenvalue weighted by Crippen LogP contribution is 2.34. The summed E-state index contributed by atoms with van der Waals surface area (Å²) >= 11 is 8.17. The Bertz CT molecular complexity index is 864. The largest absolute Gasteiger partial charge is 0.427 e. The molecule has 1 heterocycles. The Balaban J connectivity index is 1.96. The lowest BCUT2D eigenvalue weighted by Gasteiger charge is -2.37. The minimum atomic E-state index is -0.961. The second-order valence-electron chi connectivity index (χ2n) is 6.77. The maximum atomic E-state index is 10.2. The SMILES string of the molecule is CC(C)(O)C(C)(C)O[B]c1cc2sc3ccccc3c2cc1Cl. The Hall–Kier alpha value is -1.07. The van der Waals surface area contributed by atoms with Gasteiger partial charge in [-0.25, -0.2) is 0 Å². The first-order valence-electron chi connectivity index (χ1n) is 7.53. The molecule has 0 aliphatic carbocycles. The Labute approximate surface area is 146 Å². The molecule has 1 N–H and O–H groups in total. The Morgan fingerprint density at radius 3 is 2.43 bits per heavy atom. The van der Waals surface area contributed by atoms with E-state index in [0.29, 0.717) is 5.02 Å². The highest BCUT2D eigenvalue weighted by Gasteiger charge is 2.35. The molecule has 119 valence electrons. The van der Waals surface area contributed by atoms with Crippen LogP contribution in [0.15, 0.2) is 36.4 Å². The molecule has 0 fully saturated rings. The quantitative estimate of drug-likeness (QED) is 0.705. The van der Waals surface area contributed by atoms with Gasteiger partial charge in [0.1, 0.15) is 0 Å². The fraction of sp³-hybridized carbons (Fsp3) is 0.333. The molecule has 3 rings (SSSR count). The van der Waals surface area contributed by atoms with Crippen molar-refractivity contribution in [1.29, 1.82) is 0 Å². The number of benzene rings is 2. The number of hydrogen-bond donors (Lipinski definition) is 1. The molecule has 0 aliphatic heterocycles. The first-order chi connectivity index (χ1) is 10.7. The number of aliphatic hydroxyl groups is 1. The van der Waals surface area contributed by atoms with Crippen LogP contribution < -0.4 is 5.46 Å². The van der Waals surface area contributed by atoms with Crippen LogP contribution >= 0.6 is 22.9 Å². The van der Waals surface area contributed by atoms with Crippen LogP contribution in [-0.2, 0) is 4.65 Å². The zero-order valence-corrected chi connectivity index (χ0v) is 15.3. The van der Waals surface area contributed by atoms with Gasteiger partial charge in [-0.2, -0.15) is 0 Å². The second-order valence-corrected chi connectivity index (χ2v) is 8.26. The zero-order valence-electron chi connectivity index (χ0n) is 13.7. The van der Waals surface area contributed by atoms with E-state index in [-0.39, 0.29) is 0 Å². The topological polar surface area (TPSA) is 29.5 Å². The molecule has 0 atom stereocenters. The summed E-state index contributed by atoms with van der Waals surface area (Å²) in [4.78, 5) is 0. The summed E-state index contributed by atoms with van der Waals surface area (Å²) in [5.41, 5.74) is -0.855. The molecular formula is C18H19BClO2S. The molecule has 0 aliphatic rings. The van der Waals surface area contributed by atoms with Gasteiger partial charge in [-0.15, -0.1) is 11.3 Å². The van der Waals surface area contributed by atoms with Crippen LogP contribution in [0, 0.1) is 0 Å². The van der Waals surface area contributed by atoms with Gasteiger partial charge in [-0.1, -0.05) is 29.8 Å². The van der Waals surface area contributed by atoms with E-state index >= 15 is 0 Å². The van der Waals surface area contributed by atoms with Crippen LogP contribution in [0.4, 0.5) is 0 Å². The van der Waals surface area contributed by atoms with Gasteiger partial charge >= 0.3 is 7.48 Å². The molecule has 2 aromatic carbocycles. The standard InChI is InChI=1S/C18H19BClO2S/c1-17(2,21)18(3,4)22-19-13-10-16-12(9-14(13)20)11-7-5-6-8-15(11)23-16/h5-10,21H,1-4H3. The minimum Gasteiger partial charge on any atom is -0.427 e. The third-order valence-electron chi connectivity index (χ3n) is 4.45. The number of halogens is 1. The lowest BCUT2D eigenvalue weighted by molar-refractivity contribution is -0.0893. The maximum absolute atomic E-state index is 10.2. The number of fused-ring (bicyclic) bond motifs is 3. The van der Waals surface area contributed by atoms with Crippen LogP contribution in [0.25, 0.3) is 20.2 Å². The molecule has 0 bridgehead atoms. The van der Waals surface area contributed by atoms with E-state index in [1.165, 1.54) is 14.8 Å². The number of thiophene rings is 1. The van der Waals surface area contributed by atoms with E-state index in [1.54, 1.807) is 32.7 Å². The van der Waals surface area contributed by atoms with E-state index in [2.05, 4.69) is 12.1 Å². The fourth-order valence-electron chi connectivity index (χ4n) is 2.21. The molecule has 1 radical (unpaired) electrons. The third-order valence-corrected chi connectivity index (χ3v) is 5.91. The van der Waals surface area contributed by atoms with Crippen molar-refractivity contribution in [3.8, 4) is 0 Å². The average Bonchev–Trinajstić information content (AvgIpc) is 2.81. The first kappa shape index (κ1) is 16.8. The van der Waals surface area contributed by atoms with Crippen LogP contribution in [-0.4, -0.2) is 23.8 Å². The summed E-state index contributed by atoms with van der Waals surface area (Å²) in [5, 5.41) is 13.2. The number of rotatable bonds is 4. The molecule has 0 amide bonds. The summed E-state index contributed by atoms with van der Waals surface area (Å²) in [5.74, 6) is 0. The van der Waals surface area contributed by atoms with Crippen LogP contribution in [0.1, 0.15) is 27.7 Å². The molecule has 0 saturated carbocycles. The van der Waals surface area contributed by atoms with Crippen molar-refractivity contribution < 1.29 is 9.76 Å². The van der Waals surface area contributed by atoms with E-state index in [0.717, 1.165) is 10.8 Å². The molecular weight excluding hydrogens is 327 g/mol. The molecule has 23 heavy (non-hydrogen) atoms. The van der Waals surface area contributed by atoms with Gasteiger partial charge in [0.15, 0.2) is 0 Å². The normalized spacial score (nSPS) is 13.0. The van der Waals surface area contributed by atoms with Crippen molar-refractivity contribution in [3.63, 3.8) is 0 Å². The Morgan fingerprint density at radius 1 is 1.04 bits per heavy atom. The van der Waals surface area contributed by atoms with Gasteiger partial charge < -0.3 is 9.76 Å². The monoisotopic (exact) mass is 345 g/mol. The summed E-state index contributed by atoms with van der Waals surface area (Å²) in [7, 11) is 1.64. The van der Waals surface area contributed by atoms with E-state index in [9.17, 15) is 5.11 Å². The van der Waals surface area contributed by atoms with Gasteiger partial charge in [-0.05, 0) is 51.4 Å². The van der Waals surface area contributed by atoms with Crippen molar-refractivity contribution in [2.24, 2.45) is 0 Å². The first-order valence-corrected chi connectivity index (χ1v) is 8.73. The molecule has 1 aromatic heterocycles. The zero-order chi connectivity index (χ0) is 16.8. The van der Waals surface area contributed by atoms with Crippen LogP contribution in [0.3, 0.4) is 0 Å². The van der Waals surface area contributed by atoms with Crippen LogP contribution in [0.5, 0.6) is 0 Å². The summed E-state index contributed by atoms with van der Waals surface area (Å²) < 4.78 is 8.25. The summed E-state index contributed by atoms with van der Waals surface area (Å²) in [6.07, 6.45) is 0. The van der Waals surface area contributed by atoms with Crippen molar-refractivity contribution in [3.05, 3.63) is 41.4 Å². The van der Waals surface area contributed by atoms with Crippen molar-refractivity contribution in [2.45, 2.75) is 38.9 Å². The smallest absolute Gasteiger partial charge is 0.332 e. The van der Waals surface area contributed by atoms with E-state index in [1.807, 2.05) is 38.1 Å². The maximum Gasteiger partial charge on any atom is 0.332 e. The fourth-order valence-corrected chi connectivity index (χ4v) is 3.55. The van der Waals surface area contributed by atoms with Gasteiger partial charge in [0, 0.05) is 25.2 Å². The van der Waals surface area contributed by atoms with Gasteiger partial charge in [0.25, 0.3) is 0 Å². The minimum absolute atomic E-state index is 0.646. The third kappa shape index (κ3) is 3.13. The average molecular weight is 346 g/mol.